The molecular formula is C30H32N2O6S. The average molecular weight is 549 g/mol. The number of benzene rings is 2. The van der Waals surface area contributed by atoms with Crippen LogP contribution in [0.5, 0.6) is 5.75 Å². The summed E-state index contributed by atoms with van der Waals surface area (Å²) < 4.78 is 46.0. The first-order chi connectivity index (χ1) is 18.7. The van der Waals surface area contributed by atoms with E-state index >= 15 is 0 Å². The number of pyridine rings is 1. The molecule has 204 valence electrons. The molecule has 1 atom stereocenters. The normalized spacial score (nSPS) is 17.4. The molecule has 1 saturated heterocycles. The summed E-state index contributed by atoms with van der Waals surface area (Å²) >= 11 is 0. The van der Waals surface area contributed by atoms with Gasteiger partial charge in [-0.15, -0.1) is 0 Å². The molecule has 2 aromatic heterocycles. The number of hydrogen-bond donors (Lipinski definition) is 1. The second kappa shape index (κ2) is 9.95. The van der Waals surface area contributed by atoms with Crippen molar-refractivity contribution in [1.82, 2.24) is 9.71 Å². The first kappa shape index (κ1) is 25.8. The van der Waals surface area contributed by atoms with Gasteiger partial charge < -0.3 is 13.9 Å². The SMILES string of the molecule is Cc1c(-c2cc(C(=O)NS(=O)(=O)C3CC3)c3c(OC(C)C4CCOCC4)ccc(C)c3n2)oc2ccccc12. The van der Waals surface area contributed by atoms with E-state index in [1.165, 1.54) is 0 Å². The number of ether oxygens (including phenoxy) is 2. The Morgan fingerprint density at radius 3 is 2.54 bits per heavy atom. The van der Waals surface area contributed by atoms with Crippen LogP contribution < -0.4 is 9.46 Å². The molecule has 9 heteroatoms. The maximum atomic E-state index is 13.7. The van der Waals surface area contributed by atoms with Gasteiger partial charge in [0, 0.05) is 24.2 Å². The van der Waals surface area contributed by atoms with Crippen molar-refractivity contribution in [3.05, 3.63) is 59.2 Å². The van der Waals surface area contributed by atoms with Crippen LogP contribution in [0.1, 0.15) is 54.1 Å². The molecule has 0 bridgehead atoms. The van der Waals surface area contributed by atoms with Crippen LogP contribution >= 0.6 is 0 Å². The van der Waals surface area contributed by atoms with Crippen molar-refractivity contribution in [3.8, 4) is 17.2 Å². The van der Waals surface area contributed by atoms with E-state index in [9.17, 15) is 13.2 Å². The Labute approximate surface area is 227 Å². The molecule has 2 aromatic carbocycles. The fraction of sp³-hybridized carbons (Fsp3) is 0.400. The Bertz CT molecular complexity index is 1680. The summed E-state index contributed by atoms with van der Waals surface area (Å²) in [6, 6.07) is 13.1. The molecule has 2 aliphatic rings. The van der Waals surface area contributed by atoms with Crippen molar-refractivity contribution in [2.24, 2.45) is 5.92 Å². The monoisotopic (exact) mass is 548 g/mol. The van der Waals surface area contributed by atoms with Gasteiger partial charge in [-0.25, -0.2) is 18.1 Å². The van der Waals surface area contributed by atoms with Gasteiger partial charge in [-0.3, -0.25) is 4.79 Å². The lowest BCUT2D eigenvalue weighted by molar-refractivity contribution is 0.0243. The maximum absolute atomic E-state index is 13.7. The van der Waals surface area contributed by atoms with E-state index in [2.05, 4.69) is 4.72 Å². The predicted octanol–water partition coefficient (Wildman–Crippen LogP) is 5.68. The smallest absolute Gasteiger partial charge is 0.265 e. The Balaban J connectivity index is 1.51. The quantitative estimate of drug-likeness (QED) is 0.317. The van der Waals surface area contributed by atoms with Gasteiger partial charge >= 0.3 is 0 Å². The van der Waals surface area contributed by atoms with Crippen molar-refractivity contribution in [2.45, 2.75) is 57.8 Å². The Kier molecular flexibility index (Phi) is 6.59. The van der Waals surface area contributed by atoms with Gasteiger partial charge in [0.2, 0.25) is 10.0 Å². The third-order valence-electron chi connectivity index (χ3n) is 7.89. The summed E-state index contributed by atoms with van der Waals surface area (Å²) in [7, 11) is -3.77. The number of carbonyl (C=O) groups is 1. The minimum atomic E-state index is -3.77. The highest BCUT2D eigenvalue weighted by atomic mass is 32.2. The van der Waals surface area contributed by atoms with Crippen LogP contribution in [0.4, 0.5) is 0 Å². The number of carbonyl (C=O) groups excluding carboxylic acids is 1. The molecule has 1 amide bonds. The van der Waals surface area contributed by atoms with E-state index in [4.69, 9.17) is 18.9 Å². The molecule has 2 fully saturated rings. The zero-order valence-electron chi connectivity index (χ0n) is 22.3. The van der Waals surface area contributed by atoms with E-state index in [1.807, 2.05) is 57.2 Å². The maximum Gasteiger partial charge on any atom is 0.265 e. The number of para-hydroxylation sites is 1. The van der Waals surface area contributed by atoms with E-state index in [0.717, 1.165) is 29.4 Å². The van der Waals surface area contributed by atoms with Gasteiger partial charge in [-0.2, -0.15) is 0 Å². The van der Waals surface area contributed by atoms with Crippen molar-refractivity contribution in [1.29, 1.82) is 0 Å². The molecule has 8 nitrogen and oxygen atoms in total. The molecular weight excluding hydrogens is 516 g/mol. The van der Waals surface area contributed by atoms with Gasteiger partial charge in [0.05, 0.1) is 27.8 Å². The molecule has 39 heavy (non-hydrogen) atoms. The summed E-state index contributed by atoms with van der Waals surface area (Å²) in [6.45, 7) is 7.28. The van der Waals surface area contributed by atoms with Crippen LogP contribution in [-0.4, -0.2) is 43.9 Å². The molecule has 0 spiro atoms. The lowest BCUT2D eigenvalue weighted by Crippen LogP contribution is -2.33. The molecule has 6 rings (SSSR count). The van der Waals surface area contributed by atoms with E-state index in [-0.39, 0.29) is 11.7 Å². The number of rotatable bonds is 7. The number of hydrogen-bond acceptors (Lipinski definition) is 7. The number of furan rings is 1. The molecule has 1 saturated carbocycles. The molecule has 1 aliphatic carbocycles. The largest absolute Gasteiger partial charge is 0.490 e. The lowest BCUT2D eigenvalue weighted by atomic mass is 9.94. The Morgan fingerprint density at radius 2 is 1.82 bits per heavy atom. The lowest BCUT2D eigenvalue weighted by Gasteiger charge is -2.29. The molecule has 1 N–H and O–H groups in total. The number of nitrogens with zero attached hydrogens (tertiary/aromatic N) is 1. The minimum absolute atomic E-state index is 0.122. The molecule has 4 aromatic rings. The number of nitrogens with one attached hydrogen (secondary N) is 1. The molecule has 0 radical (unpaired) electrons. The minimum Gasteiger partial charge on any atom is -0.490 e. The number of aryl methyl sites for hydroxylation is 2. The van der Waals surface area contributed by atoms with Crippen molar-refractivity contribution >= 4 is 37.8 Å². The van der Waals surface area contributed by atoms with Crippen LogP contribution in [0.15, 0.2) is 46.9 Å². The number of aromatic nitrogens is 1. The van der Waals surface area contributed by atoms with E-state index in [0.29, 0.717) is 65.7 Å². The summed E-state index contributed by atoms with van der Waals surface area (Å²) in [5.41, 5.74) is 3.67. The van der Waals surface area contributed by atoms with Crippen LogP contribution in [-0.2, 0) is 14.8 Å². The Hall–Kier alpha value is -3.43. The summed E-state index contributed by atoms with van der Waals surface area (Å²) in [4.78, 5) is 18.6. The van der Waals surface area contributed by atoms with Gasteiger partial charge in [0.15, 0.2) is 5.76 Å². The van der Waals surface area contributed by atoms with Crippen molar-refractivity contribution in [3.63, 3.8) is 0 Å². The number of sulfonamides is 1. The van der Waals surface area contributed by atoms with Gasteiger partial charge in [-0.05, 0) is 76.1 Å². The van der Waals surface area contributed by atoms with Crippen LogP contribution in [0.3, 0.4) is 0 Å². The second-order valence-corrected chi connectivity index (χ2v) is 12.6. The highest BCUT2D eigenvalue weighted by Crippen LogP contribution is 2.38. The highest BCUT2D eigenvalue weighted by molar-refractivity contribution is 7.91. The zero-order chi connectivity index (χ0) is 27.3. The highest BCUT2D eigenvalue weighted by Gasteiger charge is 2.37. The second-order valence-electron chi connectivity index (χ2n) is 10.7. The van der Waals surface area contributed by atoms with E-state index < -0.39 is 21.2 Å². The molecule has 1 unspecified atom stereocenters. The summed E-state index contributed by atoms with van der Waals surface area (Å²) in [5, 5.41) is 0.920. The van der Waals surface area contributed by atoms with Crippen molar-refractivity contribution < 1.29 is 27.1 Å². The third-order valence-corrected chi connectivity index (χ3v) is 9.70. The first-order valence-corrected chi connectivity index (χ1v) is 15.0. The van der Waals surface area contributed by atoms with Crippen LogP contribution in [0.2, 0.25) is 0 Å². The van der Waals surface area contributed by atoms with Gasteiger partial charge in [0.1, 0.15) is 17.0 Å². The first-order valence-electron chi connectivity index (χ1n) is 13.5. The van der Waals surface area contributed by atoms with E-state index in [1.54, 1.807) is 6.07 Å². The Morgan fingerprint density at radius 1 is 1.08 bits per heavy atom. The van der Waals surface area contributed by atoms with Crippen LogP contribution in [0.25, 0.3) is 33.3 Å². The van der Waals surface area contributed by atoms with Crippen LogP contribution in [0, 0.1) is 19.8 Å². The molecule has 1 aliphatic heterocycles. The third kappa shape index (κ3) is 4.89. The standard InChI is InChI=1S/C30H32N2O6S/c1-17-8-11-26(37-19(3)20-12-14-36-15-13-20)27-23(30(33)32-39(34,35)21-9-10-21)16-24(31-28(17)27)29-18(2)22-6-4-5-7-25(22)38-29/h4-8,11,16,19-21H,9-10,12-15H2,1-3H3,(H,32,33). The fourth-order valence-corrected chi connectivity index (χ4v) is 6.67. The predicted molar refractivity (Wildman–Crippen MR) is 149 cm³/mol. The summed E-state index contributed by atoms with van der Waals surface area (Å²) in [6.07, 6.45) is 2.78. The summed E-state index contributed by atoms with van der Waals surface area (Å²) in [5.74, 6) is 0.661. The van der Waals surface area contributed by atoms with Crippen molar-refractivity contribution in [2.75, 3.05) is 13.2 Å². The average Bonchev–Trinajstić information content (AvgIpc) is 3.75. The number of fused-ring (bicyclic) bond motifs is 2. The zero-order valence-corrected chi connectivity index (χ0v) is 23.1. The topological polar surface area (TPSA) is 108 Å². The van der Waals surface area contributed by atoms with Gasteiger partial charge in [0.25, 0.3) is 5.91 Å². The fourth-order valence-electron chi connectivity index (χ4n) is 5.38. The number of amides is 1. The van der Waals surface area contributed by atoms with Gasteiger partial charge in [-0.1, -0.05) is 24.3 Å². The molecule has 3 heterocycles.